The first-order valence-corrected chi connectivity index (χ1v) is 9.27. The molecule has 6 heteroatoms. The van der Waals surface area contributed by atoms with Gasteiger partial charge in [0.05, 0.1) is 17.8 Å². The van der Waals surface area contributed by atoms with Crippen molar-refractivity contribution in [3.63, 3.8) is 0 Å². The minimum Gasteiger partial charge on any atom is -0.496 e. The lowest BCUT2D eigenvalue weighted by molar-refractivity contribution is -0.117. The molecule has 2 aromatic rings. The van der Waals surface area contributed by atoms with Gasteiger partial charge in [0.1, 0.15) is 5.75 Å². The molecule has 1 heterocycles. The first-order chi connectivity index (χ1) is 12.9. The number of halogens is 1. The molecule has 1 aliphatic rings. The lowest BCUT2D eigenvalue weighted by Crippen LogP contribution is -2.28. The minimum absolute atomic E-state index is 0.0411. The summed E-state index contributed by atoms with van der Waals surface area (Å²) in [6, 6.07) is 11.0. The molecule has 5 nitrogen and oxygen atoms in total. The van der Waals surface area contributed by atoms with Crippen LogP contribution < -0.4 is 9.64 Å². The third kappa shape index (κ3) is 4.08. The van der Waals surface area contributed by atoms with Crippen molar-refractivity contribution in [2.45, 2.75) is 26.3 Å². The quantitative estimate of drug-likeness (QED) is 0.778. The summed E-state index contributed by atoms with van der Waals surface area (Å²) in [6.07, 6.45) is 1.32. The minimum atomic E-state index is -0.136. The van der Waals surface area contributed by atoms with Crippen LogP contribution in [-0.2, 0) is 11.3 Å². The molecule has 0 N–H and O–H groups in total. The zero-order valence-electron chi connectivity index (χ0n) is 15.8. The number of amides is 2. The van der Waals surface area contributed by atoms with Gasteiger partial charge in [0, 0.05) is 37.7 Å². The van der Waals surface area contributed by atoms with Crippen molar-refractivity contribution in [3.05, 3.63) is 58.1 Å². The predicted molar refractivity (Wildman–Crippen MR) is 107 cm³/mol. The number of carbonyl (C=O) groups excluding carboxylic acids is 2. The maximum absolute atomic E-state index is 12.9. The van der Waals surface area contributed by atoms with E-state index >= 15 is 0 Å². The number of aryl methyl sites for hydroxylation is 1. The number of hydrogen-bond donors (Lipinski definition) is 0. The Morgan fingerprint density at radius 3 is 2.70 bits per heavy atom. The summed E-state index contributed by atoms with van der Waals surface area (Å²) >= 11 is 6.28. The molecule has 0 bridgehead atoms. The van der Waals surface area contributed by atoms with E-state index in [1.165, 1.54) is 0 Å². The van der Waals surface area contributed by atoms with Gasteiger partial charge in [0.25, 0.3) is 5.91 Å². The van der Waals surface area contributed by atoms with Gasteiger partial charge >= 0.3 is 0 Å². The summed E-state index contributed by atoms with van der Waals surface area (Å²) in [6.45, 7) is 3.06. The van der Waals surface area contributed by atoms with Gasteiger partial charge in [-0.05, 0) is 37.6 Å². The summed E-state index contributed by atoms with van der Waals surface area (Å²) < 4.78 is 5.40. The van der Waals surface area contributed by atoms with Crippen LogP contribution in [-0.4, -0.2) is 37.4 Å². The van der Waals surface area contributed by atoms with E-state index in [4.69, 9.17) is 16.3 Å². The van der Waals surface area contributed by atoms with Crippen LogP contribution in [0.3, 0.4) is 0 Å². The van der Waals surface area contributed by atoms with Gasteiger partial charge in [-0.25, -0.2) is 0 Å². The van der Waals surface area contributed by atoms with Crippen LogP contribution in [0.15, 0.2) is 36.4 Å². The molecule has 1 fully saturated rings. The van der Waals surface area contributed by atoms with E-state index in [9.17, 15) is 9.59 Å². The second-order valence-electron chi connectivity index (χ2n) is 6.79. The highest BCUT2D eigenvalue weighted by molar-refractivity contribution is 6.34. The van der Waals surface area contributed by atoms with E-state index in [1.54, 1.807) is 42.2 Å². The Labute approximate surface area is 164 Å². The van der Waals surface area contributed by atoms with Crippen LogP contribution in [0, 0.1) is 6.92 Å². The lowest BCUT2D eigenvalue weighted by Gasteiger charge is -2.22. The number of hydrogen-bond acceptors (Lipinski definition) is 3. The Bertz CT molecular complexity index is 882. The van der Waals surface area contributed by atoms with Crippen LogP contribution in [0.2, 0.25) is 5.02 Å². The summed E-state index contributed by atoms with van der Waals surface area (Å²) in [5.74, 6) is 0.655. The van der Waals surface area contributed by atoms with Crippen molar-refractivity contribution in [2.75, 3.05) is 25.6 Å². The standard InChI is InChI=1S/C21H23ClN2O3/c1-14-6-9-19(27-3)16(11-14)13-23(2)21(26)15-7-8-17(22)18(12-15)24-10-4-5-20(24)25/h6-9,11-12H,4-5,10,13H2,1-3H3. The summed E-state index contributed by atoms with van der Waals surface area (Å²) in [5.41, 5.74) is 3.15. The zero-order valence-corrected chi connectivity index (χ0v) is 16.5. The van der Waals surface area contributed by atoms with E-state index in [1.807, 2.05) is 25.1 Å². The molecule has 2 amide bonds. The van der Waals surface area contributed by atoms with E-state index < -0.39 is 0 Å². The van der Waals surface area contributed by atoms with E-state index in [-0.39, 0.29) is 11.8 Å². The molecule has 1 saturated heterocycles. The summed E-state index contributed by atoms with van der Waals surface area (Å²) in [4.78, 5) is 28.3. The van der Waals surface area contributed by atoms with E-state index in [0.29, 0.717) is 35.8 Å². The van der Waals surface area contributed by atoms with Gasteiger partial charge in [0.2, 0.25) is 5.91 Å². The third-order valence-corrected chi connectivity index (χ3v) is 5.07. The van der Waals surface area contributed by atoms with Gasteiger partial charge in [0.15, 0.2) is 0 Å². The number of methoxy groups -OCH3 is 1. The molecule has 1 aliphatic heterocycles. The molecule has 3 rings (SSSR count). The van der Waals surface area contributed by atoms with Crippen molar-refractivity contribution in [1.29, 1.82) is 0 Å². The van der Waals surface area contributed by atoms with Crippen molar-refractivity contribution in [1.82, 2.24) is 4.90 Å². The summed E-state index contributed by atoms with van der Waals surface area (Å²) in [7, 11) is 3.37. The van der Waals surface area contributed by atoms with Crippen LogP contribution in [0.25, 0.3) is 0 Å². The highest BCUT2D eigenvalue weighted by Gasteiger charge is 2.25. The van der Waals surface area contributed by atoms with Crippen LogP contribution in [0.1, 0.15) is 34.3 Å². The number of carbonyl (C=O) groups is 2. The third-order valence-electron chi connectivity index (χ3n) is 4.75. The molecule has 142 valence electrons. The monoisotopic (exact) mass is 386 g/mol. The van der Waals surface area contributed by atoms with Gasteiger partial charge in [-0.3, -0.25) is 9.59 Å². The first-order valence-electron chi connectivity index (χ1n) is 8.89. The highest BCUT2D eigenvalue weighted by Crippen LogP contribution is 2.31. The average molecular weight is 387 g/mol. The van der Waals surface area contributed by atoms with Gasteiger partial charge in [-0.15, -0.1) is 0 Å². The fraction of sp³-hybridized carbons (Fsp3) is 0.333. The second-order valence-corrected chi connectivity index (χ2v) is 7.20. The van der Waals surface area contributed by atoms with Gasteiger partial charge in [-0.2, -0.15) is 0 Å². The maximum atomic E-state index is 12.9. The smallest absolute Gasteiger partial charge is 0.253 e. The number of anilines is 1. The Morgan fingerprint density at radius 2 is 2.04 bits per heavy atom. The number of nitrogens with zero attached hydrogens (tertiary/aromatic N) is 2. The topological polar surface area (TPSA) is 49.9 Å². The predicted octanol–water partition coefficient (Wildman–Crippen LogP) is 4.06. The van der Waals surface area contributed by atoms with Gasteiger partial charge in [-0.1, -0.05) is 29.3 Å². The average Bonchev–Trinajstić information content (AvgIpc) is 3.07. The number of rotatable bonds is 5. The van der Waals surface area contributed by atoms with Crippen molar-refractivity contribution >= 4 is 29.1 Å². The van der Waals surface area contributed by atoms with Gasteiger partial charge < -0.3 is 14.5 Å². The van der Waals surface area contributed by atoms with Crippen LogP contribution >= 0.6 is 11.6 Å². The Kier molecular flexibility index (Phi) is 5.71. The molecule has 27 heavy (non-hydrogen) atoms. The number of ether oxygens (including phenoxy) is 1. The SMILES string of the molecule is COc1ccc(C)cc1CN(C)C(=O)c1ccc(Cl)c(N2CCCC2=O)c1. The Hall–Kier alpha value is -2.53. The first kappa shape index (κ1) is 19.2. The van der Waals surface area contributed by atoms with Crippen LogP contribution in [0.4, 0.5) is 5.69 Å². The Morgan fingerprint density at radius 1 is 1.26 bits per heavy atom. The molecule has 0 atom stereocenters. The van der Waals surface area contributed by atoms with E-state index in [2.05, 4.69) is 0 Å². The molecule has 0 unspecified atom stereocenters. The highest BCUT2D eigenvalue weighted by atomic mass is 35.5. The molecular formula is C21H23ClN2O3. The zero-order chi connectivity index (χ0) is 19.6. The molecule has 0 aromatic heterocycles. The fourth-order valence-electron chi connectivity index (χ4n) is 3.33. The normalized spacial score (nSPS) is 13.8. The molecule has 0 radical (unpaired) electrons. The molecular weight excluding hydrogens is 364 g/mol. The van der Waals surface area contributed by atoms with Crippen molar-refractivity contribution in [2.24, 2.45) is 0 Å². The number of benzene rings is 2. The summed E-state index contributed by atoms with van der Waals surface area (Å²) in [5, 5.41) is 0.477. The lowest BCUT2D eigenvalue weighted by atomic mass is 10.1. The van der Waals surface area contributed by atoms with E-state index in [0.717, 1.165) is 23.3 Å². The molecule has 2 aromatic carbocycles. The largest absolute Gasteiger partial charge is 0.496 e. The maximum Gasteiger partial charge on any atom is 0.253 e. The second kappa shape index (κ2) is 8.01. The molecule has 0 saturated carbocycles. The van der Waals surface area contributed by atoms with Crippen molar-refractivity contribution < 1.29 is 14.3 Å². The van der Waals surface area contributed by atoms with Crippen LogP contribution in [0.5, 0.6) is 5.75 Å². The molecule has 0 aliphatic carbocycles. The van der Waals surface area contributed by atoms with Crippen molar-refractivity contribution in [3.8, 4) is 5.75 Å². The fourth-order valence-corrected chi connectivity index (χ4v) is 3.55. The Balaban J connectivity index is 1.83. The molecule has 0 spiro atoms.